The molecule has 114 valence electrons. The Morgan fingerprint density at radius 1 is 1.38 bits per heavy atom. The zero-order valence-corrected chi connectivity index (χ0v) is 12.9. The molecule has 2 heterocycles. The first-order chi connectivity index (χ1) is 10.0. The van der Waals surface area contributed by atoms with Gasteiger partial charge in [-0.3, -0.25) is 9.69 Å². The molecule has 4 heteroatoms. The number of hydrogen-bond acceptors (Lipinski definition) is 3. The van der Waals surface area contributed by atoms with Crippen LogP contribution in [-0.4, -0.2) is 42.2 Å². The Balaban J connectivity index is 1.66. The molecule has 1 saturated heterocycles. The summed E-state index contributed by atoms with van der Waals surface area (Å²) in [6.45, 7) is 5.08. The highest BCUT2D eigenvalue weighted by Gasteiger charge is 2.29. The minimum absolute atomic E-state index is 0.162. The number of anilines is 1. The van der Waals surface area contributed by atoms with Gasteiger partial charge in [-0.2, -0.15) is 0 Å². The summed E-state index contributed by atoms with van der Waals surface area (Å²) in [5.41, 5.74) is 4.16. The highest BCUT2D eigenvalue weighted by atomic mass is 16.4. The molecule has 1 aromatic carbocycles. The molecule has 0 spiro atoms. The molecule has 1 aromatic rings. The van der Waals surface area contributed by atoms with Crippen LogP contribution in [0.25, 0.3) is 0 Å². The van der Waals surface area contributed by atoms with Crippen molar-refractivity contribution in [3.8, 4) is 0 Å². The van der Waals surface area contributed by atoms with Gasteiger partial charge in [0.1, 0.15) is 0 Å². The van der Waals surface area contributed by atoms with Gasteiger partial charge in [-0.15, -0.1) is 0 Å². The van der Waals surface area contributed by atoms with E-state index in [-0.39, 0.29) is 5.92 Å². The Bertz CT molecular complexity index is 544. The van der Waals surface area contributed by atoms with Gasteiger partial charge in [0.25, 0.3) is 0 Å². The number of piperidine rings is 1. The molecule has 1 fully saturated rings. The van der Waals surface area contributed by atoms with Crippen molar-refractivity contribution in [2.75, 3.05) is 25.0 Å². The number of rotatable bonds is 3. The number of nitrogens with zero attached hydrogens (tertiary/aromatic N) is 2. The van der Waals surface area contributed by atoms with E-state index >= 15 is 0 Å². The van der Waals surface area contributed by atoms with Crippen LogP contribution in [0.1, 0.15) is 30.9 Å². The molecule has 0 aromatic heterocycles. The molecule has 0 aliphatic carbocycles. The monoisotopic (exact) mass is 288 g/mol. The Morgan fingerprint density at radius 3 is 2.90 bits per heavy atom. The van der Waals surface area contributed by atoms with E-state index in [1.165, 1.54) is 16.8 Å². The Hall–Kier alpha value is -1.55. The number of likely N-dealkylation sites (tertiary alicyclic amines) is 1. The van der Waals surface area contributed by atoms with Crippen LogP contribution in [0.5, 0.6) is 0 Å². The number of aliphatic carboxylic acids is 1. The van der Waals surface area contributed by atoms with E-state index < -0.39 is 5.97 Å². The average Bonchev–Trinajstić information content (AvgIpc) is 2.82. The number of carbonyl (C=O) groups is 1. The lowest BCUT2D eigenvalue weighted by Crippen LogP contribution is -2.42. The highest BCUT2D eigenvalue weighted by molar-refractivity contribution is 5.70. The van der Waals surface area contributed by atoms with Crippen molar-refractivity contribution in [2.24, 2.45) is 5.92 Å². The van der Waals surface area contributed by atoms with Gasteiger partial charge < -0.3 is 10.0 Å². The molecule has 2 unspecified atom stereocenters. The minimum Gasteiger partial charge on any atom is -0.481 e. The first-order valence-corrected chi connectivity index (χ1v) is 7.84. The summed E-state index contributed by atoms with van der Waals surface area (Å²) in [7, 11) is 2.14. The van der Waals surface area contributed by atoms with Crippen LogP contribution in [0.3, 0.4) is 0 Å². The molecule has 1 N–H and O–H groups in total. The third-order valence-corrected chi connectivity index (χ3v) is 5.02. The fourth-order valence-electron chi connectivity index (χ4n) is 3.63. The van der Waals surface area contributed by atoms with E-state index in [1.807, 2.05) is 0 Å². The van der Waals surface area contributed by atoms with E-state index in [1.54, 1.807) is 0 Å². The third-order valence-electron chi connectivity index (χ3n) is 5.02. The fraction of sp³-hybridized carbons (Fsp3) is 0.588. The summed E-state index contributed by atoms with van der Waals surface area (Å²) in [6.07, 6.45) is 2.67. The van der Waals surface area contributed by atoms with E-state index in [9.17, 15) is 4.79 Å². The lowest BCUT2D eigenvalue weighted by Gasteiger charge is -2.36. The smallest absolute Gasteiger partial charge is 0.306 e. The molecule has 4 nitrogen and oxygen atoms in total. The van der Waals surface area contributed by atoms with Gasteiger partial charge in [-0.25, -0.2) is 0 Å². The first kappa shape index (κ1) is 14.4. The lowest BCUT2D eigenvalue weighted by molar-refractivity contribution is -0.144. The largest absolute Gasteiger partial charge is 0.481 e. The molecule has 2 aliphatic heterocycles. The van der Waals surface area contributed by atoms with Gasteiger partial charge in [-0.1, -0.05) is 12.1 Å². The van der Waals surface area contributed by atoms with E-state index in [0.717, 1.165) is 38.9 Å². The molecule has 21 heavy (non-hydrogen) atoms. The highest BCUT2D eigenvalue weighted by Crippen LogP contribution is 2.29. The zero-order chi connectivity index (χ0) is 15.0. The number of fused-ring (bicyclic) bond motifs is 1. The Kier molecular flexibility index (Phi) is 3.89. The number of likely N-dealkylation sites (N-methyl/N-ethyl adjacent to an activating group) is 1. The molecular formula is C17H24N2O2. The summed E-state index contributed by atoms with van der Waals surface area (Å²) in [5, 5.41) is 9.14. The summed E-state index contributed by atoms with van der Waals surface area (Å²) < 4.78 is 0. The number of hydrogen-bond donors (Lipinski definition) is 1. The van der Waals surface area contributed by atoms with Crippen LogP contribution in [0.15, 0.2) is 18.2 Å². The standard InChI is InChI=1S/C17H24N2O2/c1-12-9-15(17(20)21)6-8-19(12)11-13-3-4-16-14(10-13)5-7-18(16)2/h3-4,10,12,15H,5-9,11H2,1-2H3,(H,20,21). The fourth-order valence-corrected chi connectivity index (χ4v) is 3.63. The van der Waals surface area contributed by atoms with Crippen molar-refractivity contribution < 1.29 is 9.90 Å². The van der Waals surface area contributed by atoms with Crippen molar-refractivity contribution in [3.63, 3.8) is 0 Å². The molecular weight excluding hydrogens is 264 g/mol. The summed E-state index contributed by atoms with van der Waals surface area (Å²) in [5.74, 6) is -0.799. The molecule has 0 bridgehead atoms. The van der Waals surface area contributed by atoms with E-state index in [4.69, 9.17) is 5.11 Å². The van der Waals surface area contributed by atoms with E-state index in [0.29, 0.717) is 6.04 Å². The van der Waals surface area contributed by atoms with Crippen molar-refractivity contribution in [2.45, 2.75) is 38.8 Å². The van der Waals surface area contributed by atoms with Crippen LogP contribution in [-0.2, 0) is 17.8 Å². The maximum atomic E-state index is 11.1. The normalized spacial score (nSPS) is 25.9. The molecule has 0 radical (unpaired) electrons. The summed E-state index contributed by atoms with van der Waals surface area (Å²) in [6, 6.07) is 7.12. The van der Waals surface area contributed by atoms with Gasteiger partial charge >= 0.3 is 5.97 Å². The lowest BCUT2D eigenvalue weighted by atomic mass is 9.91. The molecule has 0 amide bonds. The maximum absolute atomic E-state index is 11.1. The third kappa shape index (κ3) is 2.91. The second-order valence-electron chi connectivity index (χ2n) is 6.51. The average molecular weight is 288 g/mol. The predicted molar refractivity (Wildman–Crippen MR) is 83.6 cm³/mol. The quantitative estimate of drug-likeness (QED) is 0.927. The number of carboxylic acids is 1. The van der Waals surface area contributed by atoms with Crippen LogP contribution in [0.4, 0.5) is 5.69 Å². The summed E-state index contributed by atoms with van der Waals surface area (Å²) in [4.78, 5) is 15.8. The number of carboxylic acid groups (broad SMARTS) is 1. The minimum atomic E-state index is -0.637. The predicted octanol–water partition coefficient (Wildman–Crippen LogP) is 2.36. The second kappa shape index (κ2) is 5.68. The molecule has 2 aliphatic rings. The first-order valence-electron chi connectivity index (χ1n) is 7.84. The van der Waals surface area contributed by atoms with Crippen molar-refractivity contribution in [1.82, 2.24) is 4.90 Å². The van der Waals surface area contributed by atoms with Gasteiger partial charge in [0.2, 0.25) is 0 Å². The Morgan fingerprint density at radius 2 is 2.19 bits per heavy atom. The zero-order valence-electron chi connectivity index (χ0n) is 12.9. The second-order valence-corrected chi connectivity index (χ2v) is 6.51. The van der Waals surface area contributed by atoms with Crippen molar-refractivity contribution >= 4 is 11.7 Å². The number of benzene rings is 1. The molecule has 3 rings (SSSR count). The van der Waals surface area contributed by atoms with Crippen LogP contribution in [0.2, 0.25) is 0 Å². The van der Waals surface area contributed by atoms with Crippen molar-refractivity contribution in [3.05, 3.63) is 29.3 Å². The van der Waals surface area contributed by atoms with Crippen LogP contribution in [0, 0.1) is 5.92 Å². The van der Waals surface area contributed by atoms with Crippen LogP contribution >= 0.6 is 0 Å². The van der Waals surface area contributed by atoms with E-state index in [2.05, 4.69) is 42.0 Å². The topological polar surface area (TPSA) is 43.8 Å². The maximum Gasteiger partial charge on any atom is 0.306 e. The Labute approximate surface area is 126 Å². The molecule has 0 saturated carbocycles. The SMILES string of the molecule is CC1CC(C(=O)O)CCN1Cc1ccc2c(c1)CCN2C. The van der Waals surface area contributed by atoms with Gasteiger partial charge in [0.15, 0.2) is 0 Å². The van der Waals surface area contributed by atoms with Crippen LogP contribution < -0.4 is 4.90 Å². The van der Waals surface area contributed by atoms with Gasteiger partial charge in [-0.05, 0) is 49.9 Å². The summed E-state index contributed by atoms with van der Waals surface area (Å²) >= 11 is 0. The van der Waals surface area contributed by atoms with Crippen molar-refractivity contribution in [1.29, 1.82) is 0 Å². The molecule has 2 atom stereocenters. The van der Waals surface area contributed by atoms with Gasteiger partial charge in [0, 0.05) is 31.9 Å². The van der Waals surface area contributed by atoms with Gasteiger partial charge in [0.05, 0.1) is 5.92 Å².